The predicted molar refractivity (Wildman–Crippen MR) is 58.9 cm³/mol. The van der Waals surface area contributed by atoms with Crippen molar-refractivity contribution in [1.82, 2.24) is 9.78 Å². The van der Waals surface area contributed by atoms with Gasteiger partial charge in [-0.15, -0.1) is 0 Å². The van der Waals surface area contributed by atoms with E-state index in [1.54, 1.807) is 0 Å². The number of rotatable bonds is 4. The molecule has 3 nitrogen and oxygen atoms in total. The summed E-state index contributed by atoms with van der Waals surface area (Å²) in [6, 6.07) is 9.81. The van der Waals surface area contributed by atoms with Crippen LogP contribution in [0.3, 0.4) is 0 Å². The minimum atomic E-state index is 0.644. The van der Waals surface area contributed by atoms with Gasteiger partial charge in [0.1, 0.15) is 12.4 Å². The maximum atomic E-state index is 5.56. The van der Waals surface area contributed by atoms with Gasteiger partial charge in [-0.2, -0.15) is 5.10 Å². The number of benzene rings is 1. The molecule has 1 aromatic heterocycles. The second-order valence-electron chi connectivity index (χ2n) is 3.44. The summed E-state index contributed by atoms with van der Waals surface area (Å²) in [5, 5.41) is 4.18. The third kappa shape index (κ3) is 2.84. The lowest BCUT2D eigenvalue weighted by Gasteiger charge is -2.05. The van der Waals surface area contributed by atoms with E-state index < -0.39 is 0 Å². The van der Waals surface area contributed by atoms with Crippen LogP contribution in [-0.2, 0) is 6.54 Å². The van der Waals surface area contributed by atoms with Gasteiger partial charge in [-0.25, -0.2) is 0 Å². The summed E-state index contributed by atoms with van der Waals surface area (Å²) in [4.78, 5) is 0. The van der Waals surface area contributed by atoms with E-state index in [4.69, 9.17) is 4.74 Å². The van der Waals surface area contributed by atoms with Gasteiger partial charge >= 0.3 is 0 Å². The first kappa shape index (κ1) is 9.77. The molecule has 1 aromatic carbocycles. The quantitative estimate of drug-likeness (QED) is 0.760. The van der Waals surface area contributed by atoms with E-state index in [1.165, 1.54) is 5.56 Å². The Bertz CT molecular complexity index is 409. The van der Waals surface area contributed by atoms with Gasteiger partial charge in [-0.3, -0.25) is 4.68 Å². The van der Waals surface area contributed by atoms with E-state index in [9.17, 15) is 0 Å². The predicted octanol–water partition coefficient (Wildman–Crippen LogP) is 2.27. The largest absolute Gasteiger partial charge is 0.492 e. The van der Waals surface area contributed by atoms with Crippen LogP contribution in [0.2, 0.25) is 0 Å². The molecule has 0 aliphatic heterocycles. The molecule has 0 N–H and O–H groups in total. The first-order valence-corrected chi connectivity index (χ1v) is 5.01. The average molecular weight is 202 g/mol. The van der Waals surface area contributed by atoms with Crippen molar-refractivity contribution >= 4 is 0 Å². The average Bonchev–Trinajstić information content (AvgIpc) is 2.66. The van der Waals surface area contributed by atoms with Gasteiger partial charge in [0, 0.05) is 6.20 Å². The van der Waals surface area contributed by atoms with Crippen molar-refractivity contribution in [3.8, 4) is 5.75 Å². The number of nitrogens with zero attached hydrogens (tertiary/aromatic N) is 2. The Kier molecular flexibility index (Phi) is 3.02. The van der Waals surface area contributed by atoms with E-state index in [1.807, 2.05) is 54.3 Å². The fourth-order valence-electron chi connectivity index (χ4n) is 1.36. The molecule has 0 spiro atoms. The van der Waals surface area contributed by atoms with E-state index >= 15 is 0 Å². The molecule has 0 bridgehead atoms. The molecule has 15 heavy (non-hydrogen) atoms. The van der Waals surface area contributed by atoms with E-state index in [2.05, 4.69) is 5.10 Å². The normalized spacial score (nSPS) is 10.2. The molecule has 0 amide bonds. The zero-order valence-corrected chi connectivity index (χ0v) is 8.76. The highest BCUT2D eigenvalue weighted by Crippen LogP contribution is 2.07. The van der Waals surface area contributed by atoms with Gasteiger partial charge in [0.25, 0.3) is 0 Å². The highest BCUT2D eigenvalue weighted by atomic mass is 16.5. The number of hydrogen-bond acceptors (Lipinski definition) is 2. The molecule has 78 valence electrons. The van der Waals surface area contributed by atoms with Gasteiger partial charge in [-0.1, -0.05) is 18.2 Å². The Morgan fingerprint density at radius 1 is 1.27 bits per heavy atom. The number of aromatic nitrogens is 2. The summed E-state index contributed by atoms with van der Waals surface area (Å²) in [6.45, 7) is 3.45. The SMILES string of the molecule is Cc1cnn(CCOc2ccccc2)c1. The molecule has 0 radical (unpaired) electrons. The first-order chi connectivity index (χ1) is 7.34. The van der Waals surface area contributed by atoms with E-state index in [0.29, 0.717) is 6.61 Å². The van der Waals surface area contributed by atoms with Crippen LogP contribution in [0.25, 0.3) is 0 Å². The van der Waals surface area contributed by atoms with Gasteiger partial charge in [0.2, 0.25) is 0 Å². The molecular formula is C12H14N2O. The molecule has 1 heterocycles. The van der Waals surface area contributed by atoms with Crippen LogP contribution in [0.4, 0.5) is 0 Å². The summed E-state index contributed by atoms with van der Waals surface area (Å²) in [5.74, 6) is 0.904. The minimum Gasteiger partial charge on any atom is -0.492 e. The smallest absolute Gasteiger partial charge is 0.119 e. The van der Waals surface area contributed by atoms with E-state index in [0.717, 1.165) is 12.3 Å². The Labute approximate surface area is 89.3 Å². The van der Waals surface area contributed by atoms with Crippen LogP contribution in [0.5, 0.6) is 5.75 Å². The first-order valence-electron chi connectivity index (χ1n) is 5.01. The number of ether oxygens (including phenoxy) is 1. The third-order valence-corrected chi connectivity index (χ3v) is 2.09. The molecular weight excluding hydrogens is 188 g/mol. The Balaban J connectivity index is 1.80. The monoisotopic (exact) mass is 202 g/mol. The zero-order chi connectivity index (χ0) is 10.5. The van der Waals surface area contributed by atoms with Crippen molar-refractivity contribution in [2.75, 3.05) is 6.61 Å². The van der Waals surface area contributed by atoms with Crippen LogP contribution in [0, 0.1) is 6.92 Å². The standard InChI is InChI=1S/C12H14N2O/c1-11-9-13-14(10-11)7-8-15-12-5-3-2-4-6-12/h2-6,9-10H,7-8H2,1H3. The molecule has 0 unspecified atom stereocenters. The second kappa shape index (κ2) is 4.64. The molecule has 2 rings (SSSR count). The van der Waals surface area contributed by atoms with Crippen LogP contribution in [0.15, 0.2) is 42.7 Å². The lowest BCUT2D eigenvalue weighted by Crippen LogP contribution is -2.08. The Hall–Kier alpha value is -1.77. The lowest BCUT2D eigenvalue weighted by atomic mass is 10.3. The highest BCUT2D eigenvalue weighted by Gasteiger charge is 1.95. The van der Waals surface area contributed by atoms with Gasteiger partial charge < -0.3 is 4.74 Å². The van der Waals surface area contributed by atoms with Crippen molar-refractivity contribution in [3.05, 3.63) is 48.3 Å². The lowest BCUT2D eigenvalue weighted by molar-refractivity contribution is 0.291. The minimum absolute atomic E-state index is 0.644. The Morgan fingerprint density at radius 2 is 2.07 bits per heavy atom. The summed E-state index contributed by atoms with van der Waals surface area (Å²) >= 11 is 0. The van der Waals surface area contributed by atoms with Crippen LogP contribution in [-0.4, -0.2) is 16.4 Å². The van der Waals surface area contributed by atoms with Gasteiger partial charge in [-0.05, 0) is 24.6 Å². The Morgan fingerprint density at radius 3 is 2.73 bits per heavy atom. The molecule has 3 heteroatoms. The summed E-state index contributed by atoms with van der Waals surface area (Å²) in [7, 11) is 0. The van der Waals surface area contributed by atoms with E-state index in [-0.39, 0.29) is 0 Å². The zero-order valence-electron chi connectivity index (χ0n) is 8.76. The number of aryl methyl sites for hydroxylation is 1. The van der Waals surface area contributed by atoms with Crippen LogP contribution < -0.4 is 4.74 Å². The van der Waals surface area contributed by atoms with Crippen molar-refractivity contribution in [3.63, 3.8) is 0 Å². The molecule has 0 fully saturated rings. The van der Waals surface area contributed by atoms with Crippen molar-refractivity contribution < 1.29 is 4.74 Å². The topological polar surface area (TPSA) is 27.1 Å². The molecule has 0 aliphatic rings. The molecule has 0 aliphatic carbocycles. The van der Waals surface area contributed by atoms with Crippen molar-refractivity contribution in [2.45, 2.75) is 13.5 Å². The van der Waals surface area contributed by atoms with Crippen molar-refractivity contribution in [2.24, 2.45) is 0 Å². The van der Waals surface area contributed by atoms with Gasteiger partial charge in [0.05, 0.1) is 12.7 Å². The second-order valence-corrected chi connectivity index (χ2v) is 3.44. The highest BCUT2D eigenvalue weighted by molar-refractivity contribution is 5.20. The maximum absolute atomic E-state index is 5.56. The van der Waals surface area contributed by atoms with Crippen LogP contribution in [0.1, 0.15) is 5.56 Å². The summed E-state index contributed by atoms with van der Waals surface area (Å²) < 4.78 is 7.45. The number of para-hydroxylation sites is 1. The van der Waals surface area contributed by atoms with Crippen molar-refractivity contribution in [1.29, 1.82) is 0 Å². The maximum Gasteiger partial charge on any atom is 0.119 e. The van der Waals surface area contributed by atoms with Gasteiger partial charge in [0.15, 0.2) is 0 Å². The van der Waals surface area contributed by atoms with Crippen LogP contribution >= 0.6 is 0 Å². The molecule has 0 atom stereocenters. The third-order valence-electron chi connectivity index (χ3n) is 2.09. The summed E-state index contributed by atoms with van der Waals surface area (Å²) in [6.07, 6.45) is 3.86. The number of hydrogen-bond donors (Lipinski definition) is 0. The fourth-order valence-corrected chi connectivity index (χ4v) is 1.36. The fraction of sp³-hybridized carbons (Fsp3) is 0.250. The molecule has 0 saturated carbocycles. The molecule has 0 saturated heterocycles. The summed E-state index contributed by atoms with van der Waals surface area (Å²) in [5.41, 5.74) is 1.18. The molecule has 2 aromatic rings.